The molecule has 24 heavy (non-hydrogen) atoms. The summed E-state index contributed by atoms with van der Waals surface area (Å²) in [7, 11) is 3.01. The quantitative estimate of drug-likeness (QED) is 0.910. The molecular formula is C16H12ClN3O4. The van der Waals surface area contributed by atoms with Gasteiger partial charge in [-0.3, -0.25) is 9.59 Å². The molecule has 0 saturated heterocycles. The molecule has 1 heterocycles. The molecule has 1 aliphatic carbocycles. The second kappa shape index (κ2) is 6.29. The molecule has 7 nitrogen and oxygen atoms in total. The molecule has 0 fully saturated rings. The molecule has 0 aliphatic heterocycles. The molecule has 1 N–H and O–H groups in total. The Morgan fingerprint density at radius 2 is 1.58 bits per heavy atom. The smallest absolute Gasteiger partial charge is 0.231 e. The van der Waals surface area contributed by atoms with Gasteiger partial charge in [0.2, 0.25) is 11.6 Å². The van der Waals surface area contributed by atoms with Crippen LogP contribution >= 0.6 is 11.6 Å². The molecule has 3 rings (SSSR count). The van der Waals surface area contributed by atoms with Crippen molar-refractivity contribution in [3.05, 3.63) is 52.7 Å². The number of benzene rings is 1. The number of fused-ring (bicyclic) bond motifs is 1. The van der Waals surface area contributed by atoms with Crippen molar-refractivity contribution in [2.24, 2.45) is 0 Å². The van der Waals surface area contributed by atoms with E-state index in [2.05, 4.69) is 15.3 Å². The van der Waals surface area contributed by atoms with E-state index in [1.54, 1.807) is 18.2 Å². The van der Waals surface area contributed by atoms with Gasteiger partial charge in [-0.15, -0.1) is 0 Å². The summed E-state index contributed by atoms with van der Waals surface area (Å²) in [6.45, 7) is 0. The van der Waals surface area contributed by atoms with Crippen molar-refractivity contribution in [2.75, 3.05) is 19.5 Å². The van der Waals surface area contributed by atoms with E-state index < -0.39 is 11.6 Å². The molecule has 0 atom stereocenters. The second-order valence-corrected chi connectivity index (χ2v) is 5.17. The number of allylic oxidation sites excluding steroid dienone is 2. The molecule has 0 unspecified atom stereocenters. The van der Waals surface area contributed by atoms with Crippen LogP contribution in [0.1, 0.15) is 21.0 Å². The molecule has 122 valence electrons. The summed E-state index contributed by atoms with van der Waals surface area (Å²) in [6, 6.07) is 4.96. The Morgan fingerprint density at radius 3 is 2.21 bits per heavy atom. The highest BCUT2D eigenvalue weighted by molar-refractivity contribution is 6.49. The first-order valence-electron chi connectivity index (χ1n) is 6.86. The maximum atomic E-state index is 12.5. The van der Waals surface area contributed by atoms with Crippen molar-refractivity contribution in [1.29, 1.82) is 0 Å². The van der Waals surface area contributed by atoms with Crippen LogP contribution in [0.5, 0.6) is 11.5 Å². The van der Waals surface area contributed by atoms with Crippen LogP contribution in [0, 0.1) is 0 Å². The number of hydrogen-bond acceptors (Lipinski definition) is 7. The van der Waals surface area contributed by atoms with Crippen LogP contribution in [-0.4, -0.2) is 35.8 Å². The molecular weight excluding hydrogens is 334 g/mol. The zero-order valence-electron chi connectivity index (χ0n) is 12.8. The van der Waals surface area contributed by atoms with Crippen molar-refractivity contribution >= 4 is 28.9 Å². The Labute approximate surface area is 142 Å². The topological polar surface area (TPSA) is 90.4 Å². The molecule has 1 aromatic heterocycles. The first-order chi connectivity index (χ1) is 11.6. The highest BCUT2D eigenvalue weighted by atomic mass is 35.5. The first kappa shape index (κ1) is 15.9. The van der Waals surface area contributed by atoms with Gasteiger partial charge in [0.15, 0.2) is 11.5 Å². The summed E-state index contributed by atoms with van der Waals surface area (Å²) in [5.41, 5.74) is 0.372. The third kappa shape index (κ3) is 2.59. The molecule has 0 radical (unpaired) electrons. The number of hydrogen-bond donors (Lipinski definition) is 1. The number of ether oxygens (including phenoxy) is 2. The summed E-state index contributed by atoms with van der Waals surface area (Å²) in [5.74, 6) is -0.0563. The number of nitrogens with one attached hydrogen (secondary N) is 1. The van der Waals surface area contributed by atoms with E-state index >= 15 is 0 Å². The summed E-state index contributed by atoms with van der Waals surface area (Å²) in [4.78, 5) is 32.6. The van der Waals surface area contributed by atoms with Gasteiger partial charge in [-0.05, 0) is 12.1 Å². The third-order valence-electron chi connectivity index (χ3n) is 3.43. The van der Waals surface area contributed by atoms with E-state index in [4.69, 9.17) is 21.1 Å². The number of ketones is 2. The summed E-state index contributed by atoms with van der Waals surface area (Å²) < 4.78 is 10.4. The zero-order chi connectivity index (χ0) is 17.3. The summed E-state index contributed by atoms with van der Waals surface area (Å²) >= 11 is 6.06. The Bertz CT molecular complexity index is 879. The van der Waals surface area contributed by atoms with E-state index in [-0.39, 0.29) is 22.1 Å². The average Bonchev–Trinajstić information content (AvgIpc) is 2.63. The fourth-order valence-electron chi connectivity index (χ4n) is 2.28. The minimum absolute atomic E-state index is 0.0325. The predicted molar refractivity (Wildman–Crippen MR) is 86.7 cm³/mol. The normalized spacial score (nSPS) is 13.6. The lowest BCUT2D eigenvalue weighted by Gasteiger charge is -2.18. The predicted octanol–water partition coefficient (Wildman–Crippen LogP) is 2.44. The number of rotatable bonds is 4. The van der Waals surface area contributed by atoms with Gasteiger partial charge in [-0.25, -0.2) is 9.97 Å². The molecule has 2 aromatic rings. The number of halogens is 1. The average molecular weight is 346 g/mol. The van der Waals surface area contributed by atoms with E-state index in [1.165, 1.54) is 26.6 Å². The molecule has 0 amide bonds. The van der Waals surface area contributed by atoms with Crippen molar-refractivity contribution in [1.82, 2.24) is 9.97 Å². The third-order valence-corrected chi connectivity index (χ3v) is 3.79. The van der Waals surface area contributed by atoms with E-state index in [9.17, 15) is 9.59 Å². The van der Waals surface area contributed by atoms with Gasteiger partial charge in [-0.2, -0.15) is 0 Å². The fourth-order valence-corrected chi connectivity index (χ4v) is 2.50. The second-order valence-electron chi connectivity index (χ2n) is 4.80. The lowest BCUT2D eigenvalue weighted by molar-refractivity contribution is 0.0974. The Kier molecular flexibility index (Phi) is 4.18. The van der Waals surface area contributed by atoms with Crippen molar-refractivity contribution in [3.63, 3.8) is 0 Å². The molecule has 0 saturated carbocycles. The Hall–Kier alpha value is -2.93. The number of methoxy groups -OCH3 is 2. The molecule has 1 aliphatic rings. The van der Waals surface area contributed by atoms with Crippen LogP contribution in [0.15, 0.2) is 41.3 Å². The first-order valence-corrected chi connectivity index (χ1v) is 7.23. The van der Waals surface area contributed by atoms with Crippen LogP contribution in [0.3, 0.4) is 0 Å². The lowest BCUT2D eigenvalue weighted by Crippen LogP contribution is -2.26. The van der Waals surface area contributed by atoms with Gasteiger partial charge in [0, 0.05) is 24.1 Å². The number of Topliss-reactive ketones (excluding diaryl/α,β-unsaturated/α-hetero) is 2. The number of anilines is 1. The van der Waals surface area contributed by atoms with Gasteiger partial charge >= 0.3 is 0 Å². The molecule has 0 spiro atoms. The van der Waals surface area contributed by atoms with Gasteiger partial charge in [0.25, 0.3) is 0 Å². The van der Waals surface area contributed by atoms with Crippen LogP contribution in [0.25, 0.3) is 0 Å². The largest absolute Gasteiger partial charge is 0.493 e. The summed E-state index contributed by atoms with van der Waals surface area (Å²) in [6.07, 6.45) is 2.68. The van der Waals surface area contributed by atoms with Crippen LogP contribution in [0.4, 0.5) is 5.69 Å². The highest BCUT2D eigenvalue weighted by Crippen LogP contribution is 2.32. The van der Waals surface area contributed by atoms with Gasteiger partial charge in [0.05, 0.1) is 14.2 Å². The minimum Gasteiger partial charge on any atom is -0.493 e. The minimum atomic E-state index is -0.553. The van der Waals surface area contributed by atoms with Gasteiger partial charge in [0.1, 0.15) is 22.1 Å². The fraction of sp³-hybridized carbons (Fsp3) is 0.125. The summed E-state index contributed by atoms with van der Waals surface area (Å²) in [5, 5.41) is 2.62. The number of carbonyl (C=O) groups excluding carboxylic acids is 2. The van der Waals surface area contributed by atoms with E-state index in [1.807, 2.05) is 0 Å². The van der Waals surface area contributed by atoms with Crippen molar-refractivity contribution < 1.29 is 19.1 Å². The van der Waals surface area contributed by atoms with Gasteiger partial charge in [-0.1, -0.05) is 11.6 Å². The zero-order valence-corrected chi connectivity index (χ0v) is 13.5. The van der Waals surface area contributed by atoms with Gasteiger partial charge < -0.3 is 14.8 Å². The number of nitrogens with zero attached hydrogens (tertiary/aromatic N) is 2. The standard InChI is InChI=1S/C16H12ClN3O4/c1-23-9-4-3-8(7-10(9)24-2)20-12-11(17)15(21)13-14(16(12)22)19-6-5-18-13/h3-7,20H,1-2H3. The van der Waals surface area contributed by atoms with Crippen LogP contribution < -0.4 is 14.8 Å². The lowest BCUT2D eigenvalue weighted by atomic mass is 10.0. The Balaban J connectivity index is 2.00. The Morgan fingerprint density at radius 1 is 0.958 bits per heavy atom. The molecule has 1 aromatic carbocycles. The van der Waals surface area contributed by atoms with Crippen LogP contribution in [0.2, 0.25) is 0 Å². The molecule has 8 heteroatoms. The number of carbonyl (C=O) groups is 2. The number of aromatic nitrogens is 2. The SMILES string of the molecule is COc1ccc(NC2=C(Cl)C(=O)c3nccnc3C2=O)cc1OC. The van der Waals surface area contributed by atoms with E-state index in [0.717, 1.165) is 0 Å². The highest BCUT2D eigenvalue weighted by Gasteiger charge is 2.34. The molecule has 0 bridgehead atoms. The van der Waals surface area contributed by atoms with E-state index in [0.29, 0.717) is 17.2 Å². The maximum Gasteiger partial charge on any atom is 0.231 e. The van der Waals surface area contributed by atoms with Crippen molar-refractivity contribution in [2.45, 2.75) is 0 Å². The van der Waals surface area contributed by atoms with Crippen LogP contribution in [-0.2, 0) is 0 Å². The van der Waals surface area contributed by atoms with Crippen molar-refractivity contribution in [3.8, 4) is 11.5 Å². The monoisotopic (exact) mass is 345 g/mol. The maximum absolute atomic E-state index is 12.5.